The summed E-state index contributed by atoms with van der Waals surface area (Å²) >= 11 is 0. The van der Waals surface area contributed by atoms with E-state index in [4.69, 9.17) is 28.4 Å². The quantitative estimate of drug-likeness (QED) is 0.509. The molecule has 6 unspecified atom stereocenters. The smallest absolute Gasteiger partial charge is 0.163 e. The molecule has 24 heavy (non-hydrogen) atoms. The third-order valence-corrected chi connectivity index (χ3v) is 4.76. The van der Waals surface area contributed by atoms with E-state index in [-0.39, 0.29) is 80.5 Å². The van der Waals surface area contributed by atoms with Gasteiger partial charge in [0.15, 0.2) is 6.29 Å². The Hall–Kier alpha value is 1.16. The molecule has 1 N–H and O–H groups in total. The van der Waals surface area contributed by atoms with Crippen molar-refractivity contribution in [3.05, 3.63) is 0 Å². The van der Waals surface area contributed by atoms with Crippen LogP contribution in [0.2, 0.25) is 0 Å². The SMILES string of the molecule is COCC1CC(O)C(C)[C@H](O[C@H]2C(C)OCC(OC)C2OC)O1.[Ac]. The summed E-state index contributed by atoms with van der Waals surface area (Å²) in [6.45, 7) is 4.75. The number of aliphatic hydroxyl groups is 1. The Bertz CT molecular complexity index is 359. The van der Waals surface area contributed by atoms with Gasteiger partial charge in [0, 0.05) is 77.7 Å². The van der Waals surface area contributed by atoms with Crippen LogP contribution in [0.1, 0.15) is 20.3 Å². The molecular weight excluding hydrogens is 531 g/mol. The van der Waals surface area contributed by atoms with Crippen LogP contribution in [0, 0.1) is 50.0 Å². The van der Waals surface area contributed by atoms with Gasteiger partial charge in [-0.15, -0.1) is 0 Å². The minimum atomic E-state index is -0.539. The molecule has 2 fully saturated rings. The van der Waals surface area contributed by atoms with Crippen LogP contribution in [-0.4, -0.2) is 82.6 Å². The number of hydrogen-bond donors (Lipinski definition) is 1. The first-order valence-corrected chi connectivity index (χ1v) is 8.16. The molecule has 8 atom stereocenters. The molecule has 0 bridgehead atoms. The third kappa shape index (κ3) is 5.58. The monoisotopic (exact) mass is 561 g/mol. The largest absolute Gasteiger partial charge is 0.393 e. The van der Waals surface area contributed by atoms with Gasteiger partial charge in [-0.05, 0) is 6.92 Å². The van der Waals surface area contributed by atoms with Crippen molar-refractivity contribution in [3.63, 3.8) is 0 Å². The number of hydrogen-bond acceptors (Lipinski definition) is 7. The molecule has 0 amide bonds. The van der Waals surface area contributed by atoms with Crippen LogP contribution in [-0.2, 0) is 28.4 Å². The normalized spacial score (nSPS) is 43.2. The molecule has 2 rings (SSSR count). The Labute approximate surface area is 180 Å². The molecule has 139 valence electrons. The molecule has 0 aliphatic carbocycles. The van der Waals surface area contributed by atoms with Gasteiger partial charge in [0.25, 0.3) is 0 Å². The van der Waals surface area contributed by atoms with Crippen LogP contribution >= 0.6 is 0 Å². The van der Waals surface area contributed by atoms with E-state index < -0.39 is 12.4 Å². The number of rotatable bonds is 6. The van der Waals surface area contributed by atoms with Gasteiger partial charge in [-0.25, -0.2) is 0 Å². The Morgan fingerprint density at radius 3 is 2.38 bits per heavy atom. The predicted molar refractivity (Wildman–Crippen MR) is 82.2 cm³/mol. The summed E-state index contributed by atoms with van der Waals surface area (Å²) in [5.74, 6) is -0.143. The molecule has 8 heteroatoms. The van der Waals surface area contributed by atoms with Crippen molar-refractivity contribution in [1.82, 2.24) is 0 Å². The van der Waals surface area contributed by atoms with Crippen molar-refractivity contribution < 1.29 is 77.6 Å². The minimum absolute atomic E-state index is 0. The van der Waals surface area contributed by atoms with Gasteiger partial charge in [0.05, 0.1) is 31.5 Å². The molecule has 2 aliphatic heterocycles. The topological polar surface area (TPSA) is 75.6 Å². The predicted octanol–water partition coefficient (Wildman–Crippen LogP) is 0.579. The molecule has 2 aliphatic rings. The van der Waals surface area contributed by atoms with E-state index in [9.17, 15) is 5.11 Å². The molecule has 7 nitrogen and oxygen atoms in total. The van der Waals surface area contributed by atoms with E-state index in [1.165, 1.54) is 0 Å². The van der Waals surface area contributed by atoms with Gasteiger partial charge in [-0.3, -0.25) is 0 Å². The molecule has 1 radical (unpaired) electrons. The fraction of sp³-hybridized carbons (Fsp3) is 1.00. The fourth-order valence-corrected chi connectivity index (χ4v) is 3.23. The summed E-state index contributed by atoms with van der Waals surface area (Å²) < 4.78 is 34.0. The van der Waals surface area contributed by atoms with Gasteiger partial charge in [0.2, 0.25) is 0 Å². The number of ether oxygens (including phenoxy) is 6. The number of aliphatic hydroxyl groups excluding tert-OH is 1. The second-order valence-electron chi connectivity index (χ2n) is 6.36. The van der Waals surface area contributed by atoms with Crippen LogP contribution in [0.15, 0.2) is 0 Å². The molecule has 0 aromatic carbocycles. The van der Waals surface area contributed by atoms with Crippen molar-refractivity contribution in [3.8, 4) is 0 Å². The average Bonchev–Trinajstić information content (AvgIpc) is 2.53. The third-order valence-electron chi connectivity index (χ3n) is 4.76. The van der Waals surface area contributed by atoms with Gasteiger partial charge in [0.1, 0.15) is 18.3 Å². The van der Waals surface area contributed by atoms with Gasteiger partial charge >= 0.3 is 0 Å². The molecular formula is C16H30AcO7. The molecule has 0 saturated carbocycles. The van der Waals surface area contributed by atoms with Crippen LogP contribution < -0.4 is 0 Å². The Morgan fingerprint density at radius 2 is 1.79 bits per heavy atom. The maximum atomic E-state index is 10.3. The van der Waals surface area contributed by atoms with Gasteiger partial charge < -0.3 is 33.5 Å². The van der Waals surface area contributed by atoms with Crippen molar-refractivity contribution >= 4 is 0 Å². The van der Waals surface area contributed by atoms with Crippen molar-refractivity contribution in [2.45, 2.75) is 63.2 Å². The zero-order valence-electron chi connectivity index (χ0n) is 15.2. The first kappa shape index (κ1) is 23.2. The zero-order valence-corrected chi connectivity index (χ0v) is 20.0. The number of methoxy groups -OCH3 is 3. The summed E-state index contributed by atoms with van der Waals surface area (Å²) in [4.78, 5) is 0. The van der Waals surface area contributed by atoms with Gasteiger partial charge in [-0.2, -0.15) is 0 Å². The van der Waals surface area contributed by atoms with E-state index in [1.54, 1.807) is 21.3 Å². The first-order valence-electron chi connectivity index (χ1n) is 8.16. The molecule has 2 saturated heterocycles. The van der Waals surface area contributed by atoms with Crippen LogP contribution in [0.5, 0.6) is 0 Å². The Morgan fingerprint density at radius 1 is 1.08 bits per heavy atom. The molecule has 2 heterocycles. The second kappa shape index (κ2) is 11.1. The Kier molecular flexibility index (Phi) is 10.7. The standard InChI is InChI=1S/C16H30O7.Ac/c1-9-12(17)6-11(7-18-3)22-16(9)23-14-10(2)21-8-13(19-4)15(14)20-5;/h9-17H,6-8H2,1-5H3;/t9?,10?,11?,12?,13?,14-,15?,16-;/m0./s1. The van der Waals surface area contributed by atoms with E-state index in [1.807, 2.05) is 13.8 Å². The van der Waals surface area contributed by atoms with Crippen molar-refractivity contribution in [2.75, 3.05) is 34.5 Å². The fourth-order valence-electron chi connectivity index (χ4n) is 3.23. The maximum absolute atomic E-state index is 10.3. The van der Waals surface area contributed by atoms with Crippen molar-refractivity contribution in [2.24, 2.45) is 5.92 Å². The maximum Gasteiger partial charge on any atom is 0.163 e. The van der Waals surface area contributed by atoms with Crippen LogP contribution in [0.3, 0.4) is 0 Å². The summed E-state index contributed by atoms with van der Waals surface area (Å²) in [6, 6.07) is 0. The first-order chi connectivity index (χ1) is 11.0. The summed E-state index contributed by atoms with van der Waals surface area (Å²) in [7, 11) is 4.88. The van der Waals surface area contributed by atoms with E-state index in [0.29, 0.717) is 19.6 Å². The summed E-state index contributed by atoms with van der Waals surface area (Å²) in [5.41, 5.74) is 0. The van der Waals surface area contributed by atoms with Crippen molar-refractivity contribution in [1.29, 1.82) is 0 Å². The summed E-state index contributed by atoms with van der Waals surface area (Å²) in [5, 5.41) is 10.3. The van der Waals surface area contributed by atoms with Gasteiger partial charge in [-0.1, -0.05) is 6.92 Å². The molecule has 0 aromatic rings. The summed E-state index contributed by atoms with van der Waals surface area (Å²) in [6.07, 6.45) is -1.60. The van der Waals surface area contributed by atoms with E-state index >= 15 is 0 Å². The van der Waals surface area contributed by atoms with Crippen LogP contribution in [0.25, 0.3) is 0 Å². The van der Waals surface area contributed by atoms with E-state index in [0.717, 1.165) is 0 Å². The van der Waals surface area contributed by atoms with Crippen LogP contribution in [0.4, 0.5) is 0 Å². The molecule has 0 spiro atoms. The molecule has 0 aromatic heterocycles. The average molecular weight is 561 g/mol. The second-order valence-corrected chi connectivity index (χ2v) is 6.36. The Balaban J connectivity index is 0.00000288. The minimum Gasteiger partial charge on any atom is -0.393 e. The zero-order chi connectivity index (χ0) is 17.0. The van der Waals surface area contributed by atoms with E-state index in [2.05, 4.69) is 0 Å².